The van der Waals surface area contributed by atoms with Gasteiger partial charge in [0.15, 0.2) is 0 Å². The van der Waals surface area contributed by atoms with E-state index in [1.165, 1.54) is 24.0 Å². The topological polar surface area (TPSA) is 35.2 Å². The number of hydrogen-bond donors (Lipinski definition) is 1. The third-order valence-electron chi connectivity index (χ3n) is 3.02. The van der Waals surface area contributed by atoms with Gasteiger partial charge in [-0.2, -0.15) is 0 Å². The number of aryl methyl sites for hydroxylation is 1. The van der Waals surface area contributed by atoms with Gasteiger partial charge in [0, 0.05) is 10.5 Å². The van der Waals surface area contributed by atoms with Gasteiger partial charge in [0.05, 0.1) is 6.61 Å². The van der Waals surface area contributed by atoms with Gasteiger partial charge in [-0.1, -0.05) is 15.9 Å². The minimum atomic E-state index is 0.159. The zero-order valence-electron chi connectivity index (χ0n) is 10.5. The summed E-state index contributed by atoms with van der Waals surface area (Å²) in [5.74, 6) is 1.82. The summed E-state index contributed by atoms with van der Waals surface area (Å²) in [6.07, 6.45) is 3.50. The third-order valence-corrected chi connectivity index (χ3v) is 3.48. The molecule has 1 aromatic rings. The molecule has 1 aromatic carbocycles. The Labute approximate surface area is 112 Å². The fraction of sp³-hybridized carbons (Fsp3) is 0.571. The molecule has 1 aliphatic carbocycles. The van der Waals surface area contributed by atoms with Crippen LogP contribution in [0.25, 0.3) is 0 Å². The summed E-state index contributed by atoms with van der Waals surface area (Å²) in [6, 6.07) is 4.39. The molecule has 2 rings (SSSR count). The second-order valence-electron chi connectivity index (χ2n) is 5.15. The predicted molar refractivity (Wildman–Crippen MR) is 74.5 cm³/mol. The van der Waals surface area contributed by atoms with E-state index in [1.54, 1.807) is 0 Å². The van der Waals surface area contributed by atoms with E-state index >= 15 is 0 Å². The molecule has 0 heterocycles. The highest BCUT2D eigenvalue weighted by molar-refractivity contribution is 9.10. The van der Waals surface area contributed by atoms with Crippen LogP contribution in [-0.4, -0.2) is 12.6 Å². The summed E-state index contributed by atoms with van der Waals surface area (Å²) >= 11 is 3.53. The van der Waals surface area contributed by atoms with Gasteiger partial charge in [0.25, 0.3) is 0 Å². The van der Waals surface area contributed by atoms with Crippen molar-refractivity contribution in [3.05, 3.63) is 27.7 Å². The lowest BCUT2D eigenvalue weighted by molar-refractivity contribution is 0.294. The molecule has 0 bridgehead atoms. The largest absolute Gasteiger partial charge is 0.493 e. The van der Waals surface area contributed by atoms with Gasteiger partial charge in [-0.25, -0.2) is 0 Å². The first kappa shape index (κ1) is 12.9. The quantitative estimate of drug-likeness (QED) is 0.904. The van der Waals surface area contributed by atoms with Gasteiger partial charge in [-0.15, -0.1) is 0 Å². The summed E-state index contributed by atoms with van der Waals surface area (Å²) in [4.78, 5) is 0. The maximum absolute atomic E-state index is 5.97. The minimum Gasteiger partial charge on any atom is -0.493 e. The van der Waals surface area contributed by atoms with Gasteiger partial charge >= 0.3 is 0 Å². The summed E-state index contributed by atoms with van der Waals surface area (Å²) in [5.41, 5.74) is 8.30. The number of rotatable bonds is 5. The smallest absolute Gasteiger partial charge is 0.125 e. The van der Waals surface area contributed by atoms with Crippen LogP contribution in [-0.2, 0) is 6.42 Å². The Balaban J connectivity index is 2.18. The van der Waals surface area contributed by atoms with Crippen LogP contribution in [0.1, 0.15) is 30.9 Å². The van der Waals surface area contributed by atoms with Crippen molar-refractivity contribution in [2.24, 2.45) is 11.7 Å². The number of hydrogen-bond acceptors (Lipinski definition) is 2. The fourth-order valence-electron chi connectivity index (χ4n) is 1.99. The maximum Gasteiger partial charge on any atom is 0.125 e. The second-order valence-corrected chi connectivity index (χ2v) is 6.06. The average molecular weight is 298 g/mol. The highest BCUT2D eigenvalue weighted by Gasteiger charge is 2.23. The van der Waals surface area contributed by atoms with Crippen molar-refractivity contribution in [2.75, 3.05) is 6.61 Å². The summed E-state index contributed by atoms with van der Waals surface area (Å²) in [7, 11) is 0. The molecule has 2 nitrogen and oxygen atoms in total. The van der Waals surface area contributed by atoms with Crippen LogP contribution in [0.3, 0.4) is 0 Å². The lowest BCUT2D eigenvalue weighted by Crippen LogP contribution is -2.18. The van der Waals surface area contributed by atoms with Gasteiger partial charge in [0.1, 0.15) is 5.75 Å². The maximum atomic E-state index is 5.97. The van der Waals surface area contributed by atoms with Crippen molar-refractivity contribution in [3.63, 3.8) is 0 Å². The SMILES string of the molecule is Cc1cc(Br)cc(CC(C)N)c1OCC1CC1. The van der Waals surface area contributed by atoms with Crippen molar-refractivity contribution in [3.8, 4) is 5.75 Å². The molecule has 1 saturated carbocycles. The van der Waals surface area contributed by atoms with Gasteiger partial charge in [-0.3, -0.25) is 0 Å². The molecule has 94 valence electrons. The summed E-state index contributed by atoms with van der Waals surface area (Å²) in [5, 5.41) is 0. The average Bonchev–Trinajstić information content (AvgIpc) is 2.98. The van der Waals surface area contributed by atoms with E-state index in [9.17, 15) is 0 Å². The molecule has 1 atom stereocenters. The van der Waals surface area contributed by atoms with Crippen molar-refractivity contribution in [2.45, 2.75) is 39.2 Å². The zero-order valence-corrected chi connectivity index (χ0v) is 12.1. The van der Waals surface area contributed by atoms with E-state index in [0.717, 1.165) is 29.2 Å². The molecular weight excluding hydrogens is 278 g/mol. The van der Waals surface area contributed by atoms with Crippen LogP contribution < -0.4 is 10.5 Å². The molecule has 0 aromatic heterocycles. The highest BCUT2D eigenvalue weighted by atomic mass is 79.9. The van der Waals surface area contributed by atoms with E-state index in [0.29, 0.717) is 0 Å². The number of nitrogens with two attached hydrogens (primary N) is 1. The molecule has 2 N–H and O–H groups in total. The molecular formula is C14H20BrNO. The standard InChI is InChI=1S/C14H20BrNO/c1-9-5-13(15)7-12(6-10(2)16)14(9)17-8-11-3-4-11/h5,7,10-11H,3-4,6,8,16H2,1-2H3. The second kappa shape index (κ2) is 5.40. The van der Waals surface area contributed by atoms with Crippen LogP contribution in [0.4, 0.5) is 0 Å². The van der Waals surface area contributed by atoms with Crippen LogP contribution in [0.5, 0.6) is 5.75 Å². The van der Waals surface area contributed by atoms with E-state index in [-0.39, 0.29) is 6.04 Å². The molecule has 17 heavy (non-hydrogen) atoms. The molecule has 0 saturated heterocycles. The van der Waals surface area contributed by atoms with E-state index in [4.69, 9.17) is 10.5 Å². The van der Waals surface area contributed by atoms with E-state index in [2.05, 4.69) is 35.0 Å². The van der Waals surface area contributed by atoms with Crippen molar-refractivity contribution < 1.29 is 4.74 Å². The Morgan fingerprint density at radius 1 is 1.47 bits per heavy atom. The minimum absolute atomic E-state index is 0.159. The molecule has 3 heteroatoms. The Morgan fingerprint density at radius 2 is 2.18 bits per heavy atom. The Hall–Kier alpha value is -0.540. The van der Waals surface area contributed by atoms with E-state index < -0.39 is 0 Å². The first-order valence-electron chi connectivity index (χ1n) is 6.23. The van der Waals surface area contributed by atoms with Crippen LogP contribution in [0, 0.1) is 12.8 Å². The molecule has 0 aliphatic heterocycles. The molecule has 0 spiro atoms. The number of ether oxygens (including phenoxy) is 1. The first-order chi connectivity index (χ1) is 8.06. The monoisotopic (exact) mass is 297 g/mol. The van der Waals surface area contributed by atoms with E-state index in [1.807, 2.05) is 6.92 Å². The number of benzene rings is 1. The fourth-order valence-corrected chi connectivity index (χ4v) is 2.61. The van der Waals surface area contributed by atoms with Crippen molar-refractivity contribution in [1.82, 2.24) is 0 Å². The molecule has 1 aliphatic rings. The first-order valence-corrected chi connectivity index (χ1v) is 7.03. The zero-order chi connectivity index (χ0) is 12.4. The Morgan fingerprint density at radius 3 is 2.76 bits per heavy atom. The molecule has 0 radical (unpaired) electrons. The van der Waals surface area contributed by atoms with Crippen LogP contribution in [0.2, 0.25) is 0 Å². The van der Waals surface area contributed by atoms with Crippen molar-refractivity contribution in [1.29, 1.82) is 0 Å². The van der Waals surface area contributed by atoms with Crippen molar-refractivity contribution >= 4 is 15.9 Å². The molecule has 1 unspecified atom stereocenters. The summed E-state index contributed by atoms with van der Waals surface area (Å²) < 4.78 is 7.07. The Bertz CT molecular complexity index is 399. The lowest BCUT2D eigenvalue weighted by Gasteiger charge is -2.16. The van der Waals surface area contributed by atoms with Gasteiger partial charge in [0.2, 0.25) is 0 Å². The predicted octanol–water partition coefficient (Wildman–Crippen LogP) is 3.44. The highest BCUT2D eigenvalue weighted by Crippen LogP contribution is 2.33. The van der Waals surface area contributed by atoms with Crippen LogP contribution >= 0.6 is 15.9 Å². The van der Waals surface area contributed by atoms with Crippen LogP contribution in [0.15, 0.2) is 16.6 Å². The normalized spacial score (nSPS) is 16.9. The number of halogens is 1. The molecule has 1 fully saturated rings. The van der Waals surface area contributed by atoms with Gasteiger partial charge < -0.3 is 10.5 Å². The van der Waals surface area contributed by atoms with Gasteiger partial charge in [-0.05, 0) is 62.3 Å². The molecule has 0 amide bonds. The third kappa shape index (κ3) is 3.71. The Kier molecular flexibility index (Phi) is 4.10. The lowest BCUT2D eigenvalue weighted by atomic mass is 10.0. The summed E-state index contributed by atoms with van der Waals surface area (Å²) in [6.45, 7) is 4.98.